The Labute approximate surface area is 88.3 Å². The van der Waals surface area contributed by atoms with Crippen molar-refractivity contribution >= 4 is 5.91 Å². The van der Waals surface area contributed by atoms with Crippen molar-refractivity contribution in [1.82, 2.24) is 4.90 Å². The van der Waals surface area contributed by atoms with E-state index in [-0.39, 0.29) is 18.6 Å². The fraction of sp³-hybridized carbons (Fsp3) is 0.900. The van der Waals surface area contributed by atoms with Gasteiger partial charge in [-0.1, -0.05) is 0 Å². The number of hydrogen-bond donors (Lipinski definition) is 3. The molecular formula is C10H17NO4. The molecule has 2 rings (SSSR count). The summed E-state index contributed by atoms with van der Waals surface area (Å²) in [4.78, 5) is 13.2. The predicted octanol–water partition coefficient (Wildman–Crippen LogP) is -1.15. The highest BCUT2D eigenvalue weighted by molar-refractivity contribution is 5.78. The normalized spacial score (nSPS) is 41.5. The maximum Gasteiger partial charge on any atom is 0.223 e. The molecule has 0 radical (unpaired) electrons. The number of aliphatic hydroxyl groups excluding tert-OH is 3. The van der Waals surface area contributed by atoms with Crippen LogP contribution in [-0.4, -0.2) is 57.0 Å². The first-order chi connectivity index (χ1) is 7.15. The summed E-state index contributed by atoms with van der Waals surface area (Å²) in [5.74, 6) is -0.0174. The molecule has 3 N–H and O–H groups in total. The van der Waals surface area contributed by atoms with Crippen LogP contribution in [0, 0.1) is 0 Å². The van der Waals surface area contributed by atoms with Crippen LogP contribution in [0.4, 0.5) is 0 Å². The number of carbonyl (C=O) groups is 1. The Balaban J connectivity index is 2.21. The Morgan fingerprint density at radius 1 is 1.40 bits per heavy atom. The lowest BCUT2D eigenvalue weighted by Crippen LogP contribution is -2.63. The first kappa shape index (κ1) is 10.9. The summed E-state index contributed by atoms with van der Waals surface area (Å²) in [6.07, 6.45) is 0.745. The first-order valence-corrected chi connectivity index (χ1v) is 5.43. The standard InChI is InChI=1S/C10H17NO4/c12-5-7-10(15)8(13)4-6-2-1-3-9(14)11(6)7/h6-8,10,12-13,15H,1-5H2/t6-,7-,8+,10+/m0/s1. The number of rotatable bonds is 1. The van der Waals surface area contributed by atoms with E-state index >= 15 is 0 Å². The van der Waals surface area contributed by atoms with Gasteiger partial charge in [-0.2, -0.15) is 0 Å². The van der Waals surface area contributed by atoms with E-state index in [1.54, 1.807) is 4.90 Å². The van der Waals surface area contributed by atoms with Crippen LogP contribution < -0.4 is 0 Å². The van der Waals surface area contributed by atoms with Crippen molar-refractivity contribution < 1.29 is 20.1 Å². The number of amides is 1. The largest absolute Gasteiger partial charge is 0.394 e. The van der Waals surface area contributed by atoms with Gasteiger partial charge in [0.25, 0.3) is 0 Å². The number of aliphatic hydroxyl groups is 3. The zero-order chi connectivity index (χ0) is 11.0. The molecule has 0 bridgehead atoms. The van der Waals surface area contributed by atoms with E-state index in [1.165, 1.54) is 0 Å². The van der Waals surface area contributed by atoms with Gasteiger partial charge in [0.05, 0.1) is 18.8 Å². The molecule has 0 aromatic rings. The summed E-state index contributed by atoms with van der Waals surface area (Å²) in [5, 5.41) is 28.5. The summed E-state index contributed by atoms with van der Waals surface area (Å²) in [6, 6.07) is -0.645. The third-order valence-corrected chi connectivity index (χ3v) is 3.46. The minimum Gasteiger partial charge on any atom is -0.394 e. The summed E-state index contributed by atoms with van der Waals surface area (Å²) >= 11 is 0. The molecule has 5 nitrogen and oxygen atoms in total. The van der Waals surface area contributed by atoms with Crippen molar-refractivity contribution in [3.8, 4) is 0 Å². The van der Waals surface area contributed by atoms with Crippen molar-refractivity contribution in [2.24, 2.45) is 0 Å². The Morgan fingerprint density at radius 2 is 2.13 bits per heavy atom. The lowest BCUT2D eigenvalue weighted by atomic mass is 9.85. The highest BCUT2D eigenvalue weighted by Crippen LogP contribution is 2.31. The van der Waals surface area contributed by atoms with Gasteiger partial charge in [0.1, 0.15) is 6.10 Å². The molecule has 15 heavy (non-hydrogen) atoms. The molecule has 1 amide bonds. The fourth-order valence-electron chi connectivity index (χ4n) is 2.68. The van der Waals surface area contributed by atoms with Crippen LogP contribution in [0.1, 0.15) is 25.7 Å². The second-order valence-electron chi connectivity index (χ2n) is 4.39. The van der Waals surface area contributed by atoms with E-state index < -0.39 is 18.2 Å². The zero-order valence-corrected chi connectivity index (χ0v) is 8.54. The first-order valence-electron chi connectivity index (χ1n) is 5.43. The van der Waals surface area contributed by atoms with E-state index in [1.807, 2.05) is 0 Å². The average Bonchev–Trinajstić information content (AvgIpc) is 2.21. The van der Waals surface area contributed by atoms with E-state index in [0.717, 1.165) is 12.8 Å². The summed E-state index contributed by atoms with van der Waals surface area (Å²) in [5.41, 5.74) is 0. The van der Waals surface area contributed by atoms with Crippen molar-refractivity contribution in [1.29, 1.82) is 0 Å². The number of carbonyl (C=O) groups excluding carboxylic acids is 1. The van der Waals surface area contributed by atoms with Crippen LogP contribution in [0.2, 0.25) is 0 Å². The van der Waals surface area contributed by atoms with Crippen LogP contribution in [0.25, 0.3) is 0 Å². The molecule has 4 atom stereocenters. The molecule has 5 heteroatoms. The number of nitrogens with zero attached hydrogens (tertiary/aromatic N) is 1. The average molecular weight is 215 g/mol. The van der Waals surface area contributed by atoms with Crippen molar-refractivity contribution in [3.05, 3.63) is 0 Å². The van der Waals surface area contributed by atoms with E-state index in [4.69, 9.17) is 0 Å². The van der Waals surface area contributed by atoms with Crippen molar-refractivity contribution in [3.63, 3.8) is 0 Å². The summed E-state index contributed by atoms with van der Waals surface area (Å²) in [6.45, 7) is -0.291. The Bertz CT molecular complexity index is 258. The molecule has 2 saturated heterocycles. The predicted molar refractivity (Wildman–Crippen MR) is 52.0 cm³/mol. The molecule has 0 unspecified atom stereocenters. The molecule has 86 valence electrons. The van der Waals surface area contributed by atoms with Gasteiger partial charge < -0.3 is 20.2 Å². The van der Waals surface area contributed by atoms with Crippen LogP contribution in [-0.2, 0) is 4.79 Å². The Morgan fingerprint density at radius 3 is 2.80 bits per heavy atom. The van der Waals surface area contributed by atoms with Gasteiger partial charge in [-0.05, 0) is 19.3 Å². The zero-order valence-electron chi connectivity index (χ0n) is 8.54. The summed E-state index contributed by atoms with van der Waals surface area (Å²) in [7, 11) is 0. The second-order valence-corrected chi connectivity index (χ2v) is 4.39. The van der Waals surface area contributed by atoms with Crippen LogP contribution in [0.5, 0.6) is 0 Å². The van der Waals surface area contributed by atoms with Crippen molar-refractivity contribution in [2.75, 3.05) is 6.61 Å². The van der Waals surface area contributed by atoms with Gasteiger partial charge in [0, 0.05) is 12.5 Å². The van der Waals surface area contributed by atoms with Crippen molar-refractivity contribution in [2.45, 2.75) is 50.0 Å². The van der Waals surface area contributed by atoms with Crippen LogP contribution in [0.15, 0.2) is 0 Å². The number of hydrogen-bond acceptors (Lipinski definition) is 4. The van der Waals surface area contributed by atoms with Gasteiger partial charge in [-0.25, -0.2) is 0 Å². The lowest BCUT2D eigenvalue weighted by Gasteiger charge is -2.48. The minimum absolute atomic E-state index is 0.0122. The SMILES string of the molecule is O=C1CCC[C@H]2C[C@@H](O)[C@H](O)[C@H](CO)N12. The number of piperidine rings is 2. The second kappa shape index (κ2) is 4.08. The fourth-order valence-corrected chi connectivity index (χ4v) is 2.68. The quantitative estimate of drug-likeness (QED) is 0.516. The maximum atomic E-state index is 11.7. The van der Waals surface area contributed by atoms with Gasteiger partial charge in [-0.15, -0.1) is 0 Å². The van der Waals surface area contributed by atoms with Gasteiger partial charge in [0.2, 0.25) is 5.91 Å². The van der Waals surface area contributed by atoms with Gasteiger partial charge >= 0.3 is 0 Å². The molecule has 2 heterocycles. The molecule has 0 aliphatic carbocycles. The third-order valence-electron chi connectivity index (χ3n) is 3.46. The maximum absolute atomic E-state index is 11.7. The van der Waals surface area contributed by atoms with E-state index in [2.05, 4.69) is 0 Å². The van der Waals surface area contributed by atoms with Crippen LogP contribution >= 0.6 is 0 Å². The molecular weight excluding hydrogens is 198 g/mol. The van der Waals surface area contributed by atoms with Crippen LogP contribution in [0.3, 0.4) is 0 Å². The van der Waals surface area contributed by atoms with Gasteiger partial charge in [0.15, 0.2) is 0 Å². The molecule has 2 aliphatic rings. The molecule has 0 aromatic heterocycles. The Hall–Kier alpha value is -0.650. The highest BCUT2D eigenvalue weighted by Gasteiger charge is 2.44. The molecule has 0 aromatic carbocycles. The molecule has 0 saturated carbocycles. The van der Waals surface area contributed by atoms with E-state index in [9.17, 15) is 20.1 Å². The number of fused-ring (bicyclic) bond motifs is 1. The summed E-state index contributed by atoms with van der Waals surface area (Å²) < 4.78 is 0. The monoisotopic (exact) mass is 215 g/mol. The molecule has 0 spiro atoms. The van der Waals surface area contributed by atoms with E-state index in [0.29, 0.717) is 12.8 Å². The third kappa shape index (κ3) is 1.75. The smallest absolute Gasteiger partial charge is 0.223 e. The molecule has 2 fully saturated rings. The molecule has 2 aliphatic heterocycles. The topological polar surface area (TPSA) is 81.0 Å². The Kier molecular flexibility index (Phi) is 2.95. The highest BCUT2D eigenvalue weighted by atomic mass is 16.3. The van der Waals surface area contributed by atoms with Gasteiger partial charge in [-0.3, -0.25) is 4.79 Å². The minimum atomic E-state index is -1.02. The lowest BCUT2D eigenvalue weighted by molar-refractivity contribution is -0.161.